The number of esters is 2. The molecule has 0 unspecified atom stereocenters. The van der Waals surface area contributed by atoms with Gasteiger partial charge in [-0.1, -0.05) is 38.8 Å². The number of hydrogen-bond donors (Lipinski definition) is 0. The van der Waals surface area contributed by atoms with Crippen LogP contribution in [0.3, 0.4) is 0 Å². The monoisotopic (exact) mass is 364 g/mol. The molecule has 0 saturated carbocycles. The third-order valence-electron chi connectivity index (χ3n) is 4.59. The zero-order valence-corrected chi connectivity index (χ0v) is 15.6. The number of benzene rings is 1. The standard InChI is InChI=1S/C20H28O6/c1-3-5-8-11-25-18(21)16-9-6-7-10-17(16)19(22)26-14-20(4-2)12-23-15-24-13-20/h6-7,9-10H,3-5,8,11-15H2,1-2H3. The SMILES string of the molecule is CCCCCOC(=O)c1ccccc1C(=O)OCC1(CC)COCOC1. The summed E-state index contributed by atoms with van der Waals surface area (Å²) in [6, 6.07) is 6.57. The minimum atomic E-state index is -0.537. The van der Waals surface area contributed by atoms with Crippen LogP contribution in [-0.4, -0.2) is 45.2 Å². The van der Waals surface area contributed by atoms with Gasteiger partial charge in [-0.2, -0.15) is 0 Å². The number of carbonyl (C=O) groups excluding carboxylic acids is 2. The first-order valence-corrected chi connectivity index (χ1v) is 9.20. The Morgan fingerprint density at radius 2 is 1.62 bits per heavy atom. The van der Waals surface area contributed by atoms with Gasteiger partial charge in [0.2, 0.25) is 0 Å². The Bertz CT molecular complexity index is 592. The van der Waals surface area contributed by atoms with Crippen LogP contribution < -0.4 is 0 Å². The third kappa shape index (κ3) is 5.54. The fraction of sp³-hybridized carbons (Fsp3) is 0.600. The molecule has 0 spiro atoms. The largest absolute Gasteiger partial charge is 0.462 e. The number of ether oxygens (including phenoxy) is 4. The van der Waals surface area contributed by atoms with Crippen molar-refractivity contribution in [3.63, 3.8) is 0 Å². The van der Waals surface area contributed by atoms with E-state index in [1.165, 1.54) is 0 Å². The lowest BCUT2D eigenvalue weighted by Gasteiger charge is -2.35. The van der Waals surface area contributed by atoms with E-state index in [0.717, 1.165) is 25.7 Å². The van der Waals surface area contributed by atoms with Gasteiger partial charge < -0.3 is 18.9 Å². The fourth-order valence-corrected chi connectivity index (χ4v) is 2.74. The Labute approximate surface area is 154 Å². The van der Waals surface area contributed by atoms with Crippen molar-refractivity contribution in [2.45, 2.75) is 39.5 Å². The summed E-state index contributed by atoms with van der Waals surface area (Å²) in [7, 11) is 0. The van der Waals surface area contributed by atoms with Gasteiger partial charge in [0.15, 0.2) is 0 Å². The summed E-state index contributed by atoms with van der Waals surface area (Å²) >= 11 is 0. The molecule has 0 aliphatic carbocycles. The van der Waals surface area contributed by atoms with E-state index in [4.69, 9.17) is 18.9 Å². The highest BCUT2D eigenvalue weighted by Crippen LogP contribution is 2.27. The zero-order valence-electron chi connectivity index (χ0n) is 15.6. The van der Waals surface area contributed by atoms with Gasteiger partial charge >= 0.3 is 11.9 Å². The minimum absolute atomic E-state index is 0.183. The molecule has 1 fully saturated rings. The molecule has 144 valence electrons. The Morgan fingerprint density at radius 1 is 1.00 bits per heavy atom. The number of unbranched alkanes of at least 4 members (excludes halogenated alkanes) is 2. The molecule has 2 rings (SSSR count). The molecule has 1 aromatic carbocycles. The van der Waals surface area contributed by atoms with E-state index >= 15 is 0 Å². The maximum Gasteiger partial charge on any atom is 0.339 e. The van der Waals surface area contributed by atoms with Crippen molar-refractivity contribution in [2.75, 3.05) is 33.2 Å². The van der Waals surface area contributed by atoms with Gasteiger partial charge in [-0.25, -0.2) is 9.59 Å². The summed E-state index contributed by atoms with van der Waals surface area (Å²) in [5.74, 6) is -1.03. The quantitative estimate of drug-likeness (QED) is 0.493. The maximum atomic E-state index is 12.5. The molecule has 0 N–H and O–H groups in total. The second kappa shape index (κ2) is 10.3. The Kier molecular flexibility index (Phi) is 8.06. The van der Waals surface area contributed by atoms with Gasteiger partial charge in [-0.05, 0) is 25.0 Å². The van der Waals surface area contributed by atoms with Crippen LogP contribution in [0.2, 0.25) is 0 Å². The van der Waals surface area contributed by atoms with Gasteiger partial charge in [0.05, 0.1) is 36.4 Å². The summed E-state index contributed by atoms with van der Waals surface area (Å²) in [4.78, 5) is 24.8. The van der Waals surface area contributed by atoms with Crippen LogP contribution in [0.15, 0.2) is 24.3 Å². The van der Waals surface area contributed by atoms with Crippen molar-refractivity contribution >= 4 is 11.9 Å². The maximum absolute atomic E-state index is 12.5. The van der Waals surface area contributed by atoms with Crippen LogP contribution in [0.5, 0.6) is 0 Å². The summed E-state index contributed by atoms with van der Waals surface area (Å²) in [6.45, 7) is 5.86. The molecule has 0 atom stereocenters. The Morgan fingerprint density at radius 3 is 2.19 bits per heavy atom. The molecule has 1 aromatic rings. The van der Waals surface area contributed by atoms with Gasteiger partial charge in [0.1, 0.15) is 13.4 Å². The van der Waals surface area contributed by atoms with Crippen molar-refractivity contribution in [1.29, 1.82) is 0 Å². The van der Waals surface area contributed by atoms with Crippen LogP contribution in [0, 0.1) is 5.41 Å². The first kappa shape index (κ1) is 20.4. The second-order valence-electron chi connectivity index (χ2n) is 6.63. The van der Waals surface area contributed by atoms with E-state index in [-0.39, 0.29) is 29.9 Å². The van der Waals surface area contributed by atoms with Gasteiger partial charge in [-0.3, -0.25) is 0 Å². The average Bonchev–Trinajstić information content (AvgIpc) is 2.70. The van der Waals surface area contributed by atoms with Crippen LogP contribution in [0.1, 0.15) is 60.2 Å². The van der Waals surface area contributed by atoms with E-state index in [1.807, 2.05) is 6.92 Å². The fourth-order valence-electron chi connectivity index (χ4n) is 2.74. The van der Waals surface area contributed by atoms with Crippen LogP contribution in [0.25, 0.3) is 0 Å². The second-order valence-corrected chi connectivity index (χ2v) is 6.63. The highest BCUT2D eigenvalue weighted by Gasteiger charge is 2.34. The van der Waals surface area contributed by atoms with Gasteiger partial charge in [0.25, 0.3) is 0 Å². The smallest absolute Gasteiger partial charge is 0.339 e. The lowest BCUT2D eigenvalue weighted by Crippen LogP contribution is -2.41. The van der Waals surface area contributed by atoms with Crippen molar-refractivity contribution in [2.24, 2.45) is 5.41 Å². The van der Waals surface area contributed by atoms with Crippen LogP contribution in [0.4, 0.5) is 0 Å². The molecular weight excluding hydrogens is 336 g/mol. The first-order chi connectivity index (χ1) is 12.6. The van der Waals surface area contributed by atoms with Crippen molar-refractivity contribution in [1.82, 2.24) is 0 Å². The predicted molar refractivity (Wildman–Crippen MR) is 96.0 cm³/mol. The molecular formula is C20H28O6. The van der Waals surface area contributed by atoms with E-state index in [0.29, 0.717) is 19.8 Å². The van der Waals surface area contributed by atoms with Crippen molar-refractivity contribution < 1.29 is 28.5 Å². The summed E-state index contributed by atoms with van der Waals surface area (Å²) in [5.41, 5.74) is 0.108. The first-order valence-electron chi connectivity index (χ1n) is 9.20. The molecule has 1 aliphatic rings. The van der Waals surface area contributed by atoms with Crippen molar-refractivity contribution in [3.05, 3.63) is 35.4 Å². The molecule has 0 bridgehead atoms. The van der Waals surface area contributed by atoms with E-state index in [1.54, 1.807) is 24.3 Å². The molecule has 6 nitrogen and oxygen atoms in total. The zero-order chi connectivity index (χ0) is 18.8. The highest BCUT2D eigenvalue weighted by molar-refractivity contribution is 6.03. The average molecular weight is 364 g/mol. The molecule has 1 aliphatic heterocycles. The number of carbonyl (C=O) groups is 2. The van der Waals surface area contributed by atoms with Crippen molar-refractivity contribution in [3.8, 4) is 0 Å². The minimum Gasteiger partial charge on any atom is -0.462 e. The van der Waals surface area contributed by atoms with E-state index in [2.05, 4.69) is 6.92 Å². The van der Waals surface area contributed by atoms with Crippen LogP contribution in [-0.2, 0) is 18.9 Å². The molecule has 26 heavy (non-hydrogen) atoms. The number of hydrogen-bond acceptors (Lipinski definition) is 6. The topological polar surface area (TPSA) is 71.1 Å². The predicted octanol–water partition coefficient (Wildman–Crippen LogP) is 3.59. The van der Waals surface area contributed by atoms with Gasteiger partial charge in [-0.15, -0.1) is 0 Å². The van der Waals surface area contributed by atoms with E-state index in [9.17, 15) is 9.59 Å². The molecule has 6 heteroatoms. The van der Waals surface area contributed by atoms with Gasteiger partial charge in [0, 0.05) is 0 Å². The molecule has 0 aromatic heterocycles. The van der Waals surface area contributed by atoms with Crippen LogP contribution >= 0.6 is 0 Å². The van der Waals surface area contributed by atoms with E-state index < -0.39 is 11.9 Å². The molecule has 1 saturated heterocycles. The lowest BCUT2D eigenvalue weighted by atomic mass is 9.87. The molecule has 0 amide bonds. The Balaban J connectivity index is 1.99. The third-order valence-corrected chi connectivity index (χ3v) is 4.59. The summed E-state index contributed by atoms with van der Waals surface area (Å²) in [6.07, 6.45) is 3.63. The lowest BCUT2D eigenvalue weighted by molar-refractivity contribution is -0.177. The summed E-state index contributed by atoms with van der Waals surface area (Å²) in [5, 5.41) is 0. The Hall–Kier alpha value is -1.92. The summed E-state index contributed by atoms with van der Waals surface area (Å²) < 4.78 is 21.5. The molecule has 1 heterocycles. The molecule has 0 radical (unpaired) electrons. The number of rotatable bonds is 9. The highest BCUT2D eigenvalue weighted by atomic mass is 16.7. The normalized spacial score (nSPS) is 16.1.